The van der Waals surface area contributed by atoms with E-state index >= 15 is 0 Å². The predicted molar refractivity (Wildman–Crippen MR) is 185 cm³/mol. The summed E-state index contributed by atoms with van der Waals surface area (Å²) in [5.41, 5.74) is 2.50. The van der Waals surface area contributed by atoms with Crippen molar-refractivity contribution < 1.29 is 14.3 Å². The van der Waals surface area contributed by atoms with Gasteiger partial charge in [-0.05, 0) is 79.6 Å². The fourth-order valence-electron chi connectivity index (χ4n) is 5.67. The number of hydrogen-bond donors (Lipinski definition) is 1. The molecule has 2 aliphatic rings. The van der Waals surface area contributed by atoms with Crippen LogP contribution in [0.1, 0.15) is 31.7 Å². The molecule has 3 aromatic rings. The van der Waals surface area contributed by atoms with Crippen molar-refractivity contribution in [2.75, 3.05) is 56.1 Å². The zero-order chi connectivity index (χ0) is 31.8. The number of anilines is 2. The first-order valence-electron chi connectivity index (χ1n) is 15.4. The Hall–Kier alpha value is -3.21. The molecule has 0 saturated carbocycles. The van der Waals surface area contributed by atoms with Crippen molar-refractivity contribution >= 4 is 63.7 Å². The standard InChI is InChI=1S/C34H39Cl2N5O3S/c1-2-21-44-28-12-9-26(10-13-28)37-32(42)23-31-33(43)41(27-11-14-29(35)30(36)22-27)34(45)40(31)16-6-15-38-17-19-39(20-18-38)24-25-7-4-3-5-8-25/h3-5,7-14,22,31H,2,6,15-21,23-24H2,1H3,(H,37,42)/t31-/m1/s1. The number of benzene rings is 3. The van der Waals surface area contributed by atoms with Gasteiger partial charge < -0.3 is 19.9 Å². The van der Waals surface area contributed by atoms with E-state index in [0.29, 0.717) is 39.7 Å². The van der Waals surface area contributed by atoms with Crippen LogP contribution >= 0.6 is 35.4 Å². The summed E-state index contributed by atoms with van der Waals surface area (Å²) >= 11 is 18.3. The van der Waals surface area contributed by atoms with E-state index in [1.54, 1.807) is 30.3 Å². The predicted octanol–water partition coefficient (Wildman–Crippen LogP) is 6.32. The number of piperazine rings is 1. The van der Waals surface area contributed by atoms with Crippen molar-refractivity contribution in [1.29, 1.82) is 0 Å². The van der Waals surface area contributed by atoms with Crippen molar-refractivity contribution in [3.63, 3.8) is 0 Å². The highest BCUT2D eigenvalue weighted by molar-refractivity contribution is 7.80. The van der Waals surface area contributed by atoms with Crippen LogP contribution in [-0.2, 0) is 16.1 Å². The third kappa shape index (κ3) is 8.74. The third-order valence-corrected chi connectivity index (χ3v) is 9.21. The molecule has 2 amide bonds. The van der Waals surface area contributed by atoms with Crippen LogP contribution in [0.2, 0.25) is 10.0 Å². The highest BCUT2D eigenvalue weighted by Crippen LogP contribution is 2.32. The van der Waals surface area contributed by atoms with E-state index < -0.39 is 6.04 Å². The van der Waals surface area contributed by atoms with Crippen molar-refractivity contribution in [3.05, 3.63) is 88.4 Å². The van der Waals surface area contributed by atoms with E-state index in [1.165, 1.54) is 10.5 Å². The van der Waals surface area contributed by atoms with Crippen LogP contribution in [0.15, 0.2) is 72.8 Å². The quantitative estimate of drug-likeness (QED) is 0.214. The van der Waals surface area contributed by atoms with Crippen LogP contribution in [0.25, 0.3) is 0 Å². The third-order valence-electron chi connectivity index (χ3n) is 8.06. The Morgan fingerprint density at radius 2 is 1.64 bits per heavy atom. The van der Waals surface area contributed by atoms with Gasteiger partial charge in [-0.3, -0.25) is 19.4 Å². The van der Waals surface area contributed by atoms with Crippen LogP contribution in [0, 0.1) is 0 Å². The Bertz CT molecular complexity index is 1470. The van der Waals surface area contributed by atoms with Crippen molar-refractivity contribution in [2.45, 2.75) is 38.8 Å². The van der Waals surface area contributed by atoms with Gasteiger partial charge in [-0.1, -0.05) is 60.5 Å². The smallest absolute Gasteiger partial charge is 0.256 e. The molecule has 2 aliphatic heterocycles. The van der Waals surface area contributed by atoms with Crippen LogP contribution < -0.4 is 15.0 Å². The molecule has 238 valence electrons. The summed E-state index contributed by atoms with van der Waals surface area (Å²) in [6, 6.07) is 22.0. The number of amides is 2. The van der Waals surface area contributed by atoms with Crippen LogP contribution in [-0.4, -0.2) is 83.5 Å². The normalized spacial score (nSPS) is 17.6. The molecular weight excluding hydrogens is 629 g/mol. The fraction of sp³-hybridized carbons (Fsp3) is 0.382. The first-order valence-corrected chi connectivity index (χ1v) is 16.6. The number of thiocarbonyl (C=S) groups is 1. The number of rotatable bonds is 13. The van der Waals surface area contributed by atoms with Gasteiger partial charge >= 0.3 is 0 Å². The van der Waals surface area contributed by atoms with E-state index in [1.807, 2.05) is 30.0 Å². The van der Waals surface area contributed by atoms with Crippen LogP contribution in [0.3, 0.4) is 0 Å². The first kappa shape index (κ1) is 33.2. The molecule has 2 heterocycles. The molecule has 1 N–H and O–H groups in total. The van der Waals surface area contributed by atoms with E-state index in [9.17, 15) is 9.59 Å². The zero-order valence-electron chi connectivity index (χ0n) is 25.5. The van der Waals surface area contributed by atoms with Gasteiger partial charge in [0.05, 0.1) is 28.8 Å². The minimum atomic E-state index is -0.734. The maximum absolute atomic E-state index is 13.8. The van der Waals surface area contributed by atoms with Gasteiger partial charge in [0, 0.05) is 45.0 Å². The van der Waals surface area contributed by atoms with Gasteiger partial charge in [0.2, 0.25) is 5.91 Å². The number of halogens is 2. The molecule has 2 saturated heterocycles. The Kier molecular flexibility index (Phi) is 11.7. The summed E-state index contributed by atoms with van der Waals surface area (Å²) in [5, 5.41) is 4.00. The average molecular weight is 669 g/mol. The number of hydrogen-bond acceptors (Lipinski definition) is 6. The topological polar surface area (TPSA) is 68.4 Å². The number of carbonyl (C=O) groups is 2. The minimum Gasteiger partial charge on any atom is -0.494 e. The lowest BCUT2D eigenvalue weighted by Gasteiger charge is -2.35. The second-order valence-corrected chi connectivity index (χ2v) is 12.5. The molecule has 2 fully saturated rings. The average Bonchev–Trinajstić information content (AvgIpc) is 3.27. The summed E-state index contributed by atoms with van der Waals surface area (Å²) in [6.45, 7) is 9.06. The molecule has 45 heavy (non-hydrogen) atoms. The number of carbonyl (C=O) groups excluding carboxylic acids is 2. The minimum absolute atomic E-state index is 0.0386. The van der Waals surface area contributed by atoms with Gasteiger partial charge in [-0.25, -0.2) is 0 Å². The molecule has 11 heteroatoms. The maximum Gasteiger partial charge on any atom is 0.256 e. The van der Waals surface area contributed by atoms with Crippen LogP contribution in [0.4, 0.5) is 11.4 Å². The highest BCUT2D eigenvalue weighted by Gasteiger charge is 2.44. The van der Waals surface area contributed by atoms with Crippen molar-refractivity contribution in [2.24, 2.45) is 0 Å². The summed E-state index contributed by atoms with van der Waals surface area (Å²) in [4.78, 5) is 35.3. The van der Waals surface area contributed by atoms with E-state index in [0.717, 1.165) is 57.9 Å². The summed E-state index contributed by atoms with van der Waals surface area (Å²) in [5.74, 6) is 0.215. The van der Waals surface area contributed by atoms with Crippen molar-refractivity contribution in [3.8, 4) is 5.75 Å². The lowest BCUT2D eigenvalue weighted by molar-refractivity contribution is -0.124. The Morgan fingerprint density at radius 3 is 2.33 bits per heavy atom. The van der Waals surface area contributed by atoms with Gasteiger partial charge in [0.25, 0.3) is 5.91 Å². The van der Waals surface area contributed by atoms with E-state index in [4.69, 9.17) is 40.2 Å². The Morgan fingerprint density at radius 1 is 0.933 bits per heavy atom. The largest absolute Gasteiger partial charge is 0.494 e. The molecule has 5 rings (SSSR count). The lowest BCUT2D eigenvalue weighted by Crippen LogP contribution is -2.47. The van der Waals surface area contributed by atoms with Crippen LogP contribution in [0.5, 0.6) is 5.75 Å². The second kappa shape index (κ2) is 15.9. The second-order valence-electron chi connectivity index (χ2n) is 11.3. The van der Waals surface area contributed by atoms with E-state index in [2.05, 4.69) is 39.4 Å². The molecular formula is C34H39Cl2N5O3S. The number of nitrogens with zero attached hydrogens (tertiary/aromatic N) is 4. The van der Waals surface area contributed by atoms with Gasteiger partial charge in [-0.2, -0.15) is 0 Å². The lowest BCUT2D eigenvalue weighted by atomic mass is 10.1. The number of nitrogens with one attached hydrogen (secondary N) is 1. The fourth-order valence-corrected chi connectivity index (χ4v) is 6.37. The van der Waals surface area contributed by atoms with Crippen molar-refractivity contribution in [1.82, 2.24) is 14.7 Å². The molecule has 0 spiro atoms. The maximum atomic E-state index is 13.8. The summed E-state index contributed by atoms with van der Waals surface area (Å²) < 4.78 is 5.64. The Balaban J connectivity index is 1.21. The Labute approximate surface area is 280 Å². The number of ether oxygens (including phenoxy) is 1. The molecule has 0 aromatic heterocycles. The molecule has 0 radical (unpaired) electrons. The highest BCUT2D eigenvalue weighted by atomic mass is 35.5. The molecule has 8 nitrogen and oxygen atoms in total. The van der Waals surface area contributed by atoms with Gasteiger partial charge in [0.15, 0.2) is 5.11 Å². The molecule has 3 aromatic carbocycles. The first-order chi connectivity index (χ1) is 21.8. The summed E-state index contributed by atoms with van der Waals surface area (Å²) in [6.07, 6.45) is 1.68. The van der Waals surface area contributed by atoms with Gasteiger partial charge in [-0.15, -0.1) is 0 Å². The van der Waals surface area contributed by atoms with Gasteiger partial charge in [0.1, 0.15) is 11.8 Å². The molecule has 1 atom stereocenters. The molecule has 0 unspecified atom stereocenters. The summed E-state index contributed by atoms with van der Waals surface area (Å²) in [7, 11) is 0. The monoisotopic (exact) mass is 667 g/mol. The molecule has 0 bridgehead atoms. The zero-order valence-corrected chi connectivity index (χ0v) is 27.8. The van der Waals surface area contributed by atoms with E-state index in [-0.39, 0.29) is 18.2 Å². The SMILES string of the molecule is CCCOc1ccc(NC(=O)C[C@@H]2C(=O)N(c3ccc(Cl)c(Cl)c3)C(=S)N2CCCN2CCN(Cc3ccccc3)CC2)cc1. The molecule has 0 aliphatic carbocycles.